The number of halogens is 1. The van der Waals surface area contributed by atoms with Crippen LogP contribution in [0.15, 0.2) is 24.3 Å². The largest absolute Gasteiger partial charge is 0.480 e. The molecule has 0 atom stereocenters. The number of nitrogens with zero attached hydrogens (tertiary/aromatic N) is 1. The maximum Gasteiger partial charge on any atom is 0.317 e. The highest BCUT2D eigenvalue weighted by molar-refractivity contribution is 5.92. The molecule has 1 aliphatic carbocycles. The summed E-state index contributed by atoms with van der Waals surface area (Å²) in [6.07, 6.45) is 2.15. The number of carboxylic acid groups (broad SMARTS) is 1. The molecule has 2 N–H and O–H groups in total. The van der Waals surface area contributed by atoms with Crippen molar-refractivity contribution in [2.24, 2.45) is 5.92 Å². The topological polar surface area (TPSA) is 69.6 Å². The van der Waals surface area contributed by atoms with E-state index in [-0.39, 0.29) is 18.8 Å². The van der Waals surface area contributed by atoms with Gasteiger partial charge < -0.3 is 10.4 Å². The molecule has 0 bridgehead atoms. The molecule has 0 spiro atoms. The molecule has 0 unspecified atom stereocenters. The predicted molar refractivity (Wildman–Crippen MR) is 71.8 cm³/mol. The molecular formula is C14H17FN2O3. The minimum absolute atomic E-state index is 0.0445. The van der Waals surface area contributed by atoms with E-state index in [0.717, 1.165) is 12.8 Å². The Morgan fingerprint density at radius 1 is 1.30 bits per heavy atom. The summed E-state index contributed by atoms with van der Waals surface area (Å²) in [4.78, 5) is 24.2. The highest BCUT2D eigenvalue weighted by Crippen LogP contribution is 2.29. The fourth-order valence-electron chi connectivity index (χ4n) is 2.00. The SMILES string of the molecule is O=C(O)CN(CC(=O)Nc1ccccc1F)CC1CC1. The van der Waals surface area contributed by atoms with Crippen molar-refractivity contribution in [1.82, 2.24) is 4.90 Å². The van der Waals surface area contributed by atoms with Crippen molar-refractivity contribution in [3.8, 4) is 0 Å². The van der Waals surface area contributed by atoms with Gasteiger partial charge >= 0.3 is 5.97 Å². The van der Waals surface area contributed by atoms with Crippen LogP contribution in [0.4, 0.5) is 10.1 Å². The smallest absolute Gasteiger partial charge is 0.317 e. The lowest BCUT2D eigenvalue weighted by atomic mass is 10.3. The Morgan fingerprint density at radius 2 is 2.00 bits per heavy atom. The number of hydrogen-bond acceptors (Lipinski definition) is 3. The van der Waals surface area contributed by atoms with Crippen LogP contribution in [0.2, 0.25) is 0 Å². The number of carboxylic acids is 1. The Labute approximate surface area is 116 Å². The third-order valence-corrected chi connectivity index (χ3v) is 3.09. The van der Waals surface area contributed by atoms with E-state index < -0.39 is 17.7 Å². The van der Waals surface area contributed by atoms with Crippen molar-refractivity contribution < 1.29 is 19.1 Å². The molecule has 1 aliphatic rings. The van der Waals surface area contributed by atoms with Crippen LogP contribution in [0, 0.1) is 11.7 Å². The van der Waals surface area contributed by atoms with Gasteiger partial charge in [0, 0.05) is 6.54 Å². The number of para-hydroxylation sites is 1. The Hall–Kier alpha value is -1.95. The molecule has 1 saturated carbocycles. The zero-order valence-corrected chi connectivity index (χ0v) is 11.0. The van der Waals surface area contributed by atoms with Crippen molar-refractivity contribution in [3.05, 3.63) is 30.1 Å². The molecule has 108 valence electrons. The first-order valence-electron chi connectivity index (χ1n) is 6.53. The van der Waals surface area contributed by atoms with Crippen molar-refractivity contribution in [1.29, 1.82) is 0 Å². The fourth-order valence-corrected chi connectivity index (χ4v) is 2.00. The Balaban J connectivity index is 1.90. The second-order valence-corrected chi connectivity index (χ2v) is 5.03. The molecule has 1 aromatic carbocycles. The molecule has 1 fully saturated rings. The maximum absolute atomic E-state index is 13.4. The van der Waals surface area contributed by atoms with Gasteiger partial charge in [0.25, 0.3) is 0 Å². The number of rotatable bonds is 7. The number of hydrogen-bond donors (Lipinski definition) is 2. The molecule has 1 amide bonds. The molecule has 1 aromatic rings. The van der Waals surface area contributed by atoms with Crippen LogP contribution in [0.1, 0.15) is 12.8 Å². The first kappa shape index (κ1) is 14.5. The van der Waals surface area contributed by atoms with Crippen LogP contribution in [-0.2, 0) is 9.59 Å². The minimum Gasteiger partial charge on any atom is -0.480 e. The van der Waals surface area contributed by atoms with Gasteiger partial charge in [0.15, 0.2) is 0 Å². The van der Waals surface area contributed by atoms with Crippen molar-refractivity contribution in [3.63, 3.8) is 0 Å². The molecule has 2 rings (SSSR count). The summed E-state index contributed by atoms with van der Waals surface area (Å²) in [7, 11) is 0. The normalized spacial score (nSPS) is 14.3. The molecule has 0 heterocycles. The lowest BCUT2D eigenvalue weighted by Gasteiger charge is -2.19. The van der Waals surface area contributed by atoms with E-state index in [2.05, 4.69) is 5.32 Å². The fraction of sp³-hybridized carbons (Fsp3) is 0.429. The first-order valence-corrected chi connectivity index (χ1v) is 6.53. The third kappa shape index (κ3) is 4.62. The van der Waals surface area contributed by atoms with Gasteiger partial charge in [-0.2, -0.15) is 0 Å². The zero-order chi connectivity index (χ0) is 14.5. The standard InChI is InChI=1S/C14H17FN2O3/c15-11-3-1-2-4-12(11)16-13(18)8-17(9-14(19)20)7-10-5-6-10/h1-4,10H,5-9H2,(H,16,18)(H,19,20). The van der Waals surface area contributed by atoms with Crippen molar-refractivity contribution >= 4 is 17.6 Å². The zero-order valence-electron chi connectivity index (χ0n) is 11.0. The van der Waals surface area contributed by atoms with E-state index in [1.165, 1.54) is 18.2 Å². The number of nitrogens with one attached hydrogen (secondary N) is 1. The maximum atomic E-state index is 13.4. The van der Waals surface area contributed by atoms with E-state index in [1.807, 2.05) is 0 Å². The number of amides is 1. The summed E-state index contributed by atoms with van der Waals surface area (Å²) in [6, 6.07) is 5.89. The summed E-state index contributed by atoms with van der Waals surface area (Å²) in [5.41, 5.74) is 0.110. The van der Waals surface area contributed by atoms with Gasteiger partial charge in [-0.05, 0) is 30.9 Å². The minimum atomic E-state index is -0.968. The average molecular weight is 280 g/mol. The van der Waals surface area contributed by atoms with Gasteiger partial charge in [0.05, 0.1) is 18.8 Å². The average Bonchev–Trinajstić information content (AvgIpc) is 3.15. The van der Waals surface area contributed by atoms with Gasteiger partial charge in [-0.3, -0.25) is 14.5 Å². The second-order valence-electron chi connectivity index (χ2n) is 5.03. The molecule has 0 aromatic heterocycles. The van der Waals surface area contributed by atoms with Crippen LogP contribution in [0.5, 0.6) is 0 Å². The van der Waals surface area contributed by atoms with Gasteiger partial charge in [-0.25, -0.2) is 4.39 Å². The number of aliphatic carboxylic acids is 1. The van der Waals surface area contributed by atoms with Crippen molar-refractivity contribution in [2.75, 3.05) is 25.0 Å². The van der Waals surface area contributed by atoms with Crippen LogP contribution in [-0.4, -0.2) is 41.5 Å². The highest BCUT2D eigenvalue weighted by Gasteiger charge is 2.26. The van der Waals surface area contributed by atoms with E-state index >= 15 is 0 Å². The molecule has 20 heavy (non-hydrogen) atoms. The summed E-state index contributed by atoms with van der Waals surface area (Å²) in [6.45, 7) is 0.370. The van der Waals surface area contributed by atoms with E-state index in [4.69, 9.17) is 5.11 Å². The lowest BCUT2D eigenvalue weighted by molar-refractivity contribution is -0.138. The van der Waals surface area contributed by atoms with Crippen LogP contribution in [0.3, 0.4) is 0 Å². The molecule has 6 heteroatoms. The van der Waals surface area contributed by atoms with Crippen molar-refractivity contribution in [2.45, 2.75) is 12.8 Å². The van der Waals surface area contributed by atoms with E-state index in [0.29, 0.717) is 12.5 Å². The van der Waals surface area contributed by atoms with Gasteiger partial charge in [0.2, 0.25) is 5.91 Å². The first-order chi connectivity index (χ1) is 9.54. The van der Waals surface area contributed by atoms with Gasteiger partial charge in [0.1, 0.15) is 5.82 Å². The number of benzene rings is 1. The number of carbonyl (C=O) groups is 2. The quantitative estimate of drug-likeness (QED) is 0.795. The van der Waals surface area contributed by atoms with Crippen LogP contribution in [0.25, 0.3) is 0 Å². The Bertz CT molecular complexity index is 503. The molecule has 0 radical (unpaired) electrons. The monoisotopic (exact) mass is 280 g/mol. The summed E-state index contributed by atoms with van der Waals surface area (Å²) < 4.78 is 13.4. The lowest BCUT2D eigenvalue weighted by Crippen LogP contribution is -2.38. The van der Waals surface area contributed by atoms with Gasteiger partial charge in [-0.1, -0.05) is 12.1 Å². The summed E-state index contributed by atoms with van der Waals surface area (Å²) in [5.74, 6) is -1.40. The van der Waals surface area contributed by atoms with Gasteiger partial charge in [-0.15, -0.1) is 0 Å². The second kappa shape index (κ2) is 6.47. The Kier molecular flexibility index (Phi) is 4.68. The summed E-state index contributed by atoms with van der Waals surface area (Å²) in [5, 5.41) is 11.3. The van der Waals surface area contributed by atoms with Crippen LogP contribution >= 0.6 is 0 Å². The van der Waals surface area contributed by atoms with E-state index in [1.54, 1.807) is 11.0 Å². The molecular weight excluding hydrogens is 263 g/mol. The number of carbonyl (C=O) groups excluding carboxylic acids is 1. The molecule has 0 saturated heterocycles. The number of anilines is 1. The Morgan fingerprint density at radius 3 is 2.60 bits per heavy atom. The van der Waals surface area contributed by atoms with Crippen LogP contribution < -0.4 is 5.32 Å². The summed E-state index contributed by atoms with van der Waals surface area (Å²) >= 11 is 0. The van der Waals surface area contributed by atoms with E-state index in [9.17, 15) is 14.0 Å². The predicted octanol–water partition coefficient (Wildman–Crippen LogP) is 1.56. The third-order valence-electron chi connectivity index (χ3n) is 3.09. The highest BCUT2D eigenvalue weighted by atomic mass is 19.1. The molecule has 0 aliphatic heterocycles. The molecule has 5 nitrogen and oxygen atoms in total.